The van der Waals surface area contributed by atoms with E-state index in [1.165, 1.54) is 0 Å². The fraction of sp³-hybridized carbons (Fsp3) is 0.250. The van der Waals surface area contributed by atoms with E-state index in [0.29, 0.717) is 17.2 Å². The number of methoxy groups -OCH3 is 3. The monoisotopic (exact) mass is 312 g/mol. The van der Waals surface area contributed by atoms with Gasteiger partial charge in [-0.15, -0.1) is 0 Å². The normalized spacial score (nSPS) is 10.2. The van der Waals surface area contributed by atoms with Crippen molar-refractivity contribution in [2.75, 3.05) is 21.3 Å². The van der Waals surface area contributed by atoms with Gasteiger partial charge in [-0.3, -0.25) is 0 Å². The number of benzene rings is 1. The van der Waals surface area contributed by atoms with Gasteiger partial charge in [0.15, 0.2) is 11.5 Å². The van der Waals surface area contributed by atoms with Crippen molar-refractivity contribution in [2.24, 2.45) is 0 Å². The van der Waals surface area contributed by atoms with Gasteiger partial charge in [0, 0.05) is 5.56 Å². The van der Waals surface area contributed by atoms with Crippen molar-refractivity contribution in [3.63, 3.8) is 0 Å². The van der Waals surface area contributed by atoms with Crippen LogP contribution in [0.4, 0.5) is 0 Å². The highest BCUT2D eigenvalue weighted by atomic mass is 79.9. The number of rotatable bonds is 4. The van der Waals surface area contributed by atoms with Crippen LogP contribution in [-0.4, -0.2) is 31.3 Å². The molecule has 0 aliphatic rings. The Balaban J connectivity index is 2.60. The van der Waals surface area contributed by atoms with Gasteiger partial charge in [0.05, 0.1) is 27.7 Å². The van der Waals surface area contributed by atoms with Crippen molar-refractivity contribution < 1.29 is 14.2 Å². The largest absolute Gasteiger partial charge is 0.493 e. The van der Waals surface area contributed by atoms with E-state index in [4.69, 9.17) is 14.2 Å². The first-order valence-electron chi connectivity index (χ1n) is 5.20. The molecule has 18 heavy (non-hydrogen) atoms. The van der Waals surface area contributed by atoms with Gasteiger partial charge >= 0.3 is 0 Å². The highest BCUT2D eigenvalue weighted by Crippen LogP contribution is 2.41. The molecule has 0 aliphatic heterocycles. The molecule has 0 amide bonds. The smallest absolute Gasteiger partial charge is 0.203 e. The second-order valence-electron chi connectivity index (χ2n) is 3.48. The molecule has 5 nitrogen and oxygen atoms in total. The summed E-state index contributed by atoms with van der Waals surface area (Å²) in [7, 11) is 4.74. The second-order valence-corrected chi connectivity index (χ2v) is 4.27. The molecule has 2 aromatic rings. The first kappa shape index (κ1) is 12.8. The van der Waals surface area contributed by atoms with Crippen molar-refractivity contribution in [2.45, 2.75) is 0 Å². The van der Waals surface area contributed by atoms with Gasteiger partial charge in [-0.05, 0) is 28.1 Å². The predicted molar refractivity (Wildman–Crippen MR) is 71.4 cm³/mol. The molecule has 0 saturated carbocycles. The Morgan fingerprint density at radius 1 is 1.06 bits per heavy atom. The predicted octanol–water partition coefficient (Wildman–Crippen LogP) is 2.87. The number of hydrogen-bond acceptors (Lipinski definition) is 4. The molecule has 2 rings (SSSR count). The Kier molecular flexibility index (Phi) is 3.76. The number of aromatic amines is 1. The van der Waals surface area contributed by atoms with E-state index < -0.39 is 0 Å². The lowest BCUT2D eigenvalue weighted by molar-refractivity contribution is 0.324. The molecule has 1 N–H and O–H groups in total. The maximum atomic E-state index is 5.30. The summed E-state index contributed by atoms with van der Waals surface area (Å²) >= 11 is 3.40. The number of H-pyrrole nitrogens is 1. The third-order valence-electron chi connectivity index (χ3n) is 2.53. The molecule has 1 heterocycles. The average molecular weight is 313 g/mol. The first-order chi connectivity index (χ1) is 8.71. The molecule has 0 atom stereocenters. The van der Waals surface area contributed by atoms with Gasteiger partial charge in [0.25, 0.3) is 0 Å². The van der Waals surface area contributed by atoms with Gasteiger partial charge in [-0.1, -0.05) is 0 Å². The lowest BCUT2D eigenvalue weighted by Crippen LogP contribution is -1.95. The van der Waals surface area contributed by atoms with Crippen LogP contribution in [0.2, 0.25) is 0 Å². The molecular formula is C12H13BrN2O3. The topological polar surface area (TPSA) is 56.4 Å². The number of imidazole rings is 1. The zero-order valence-corrected chi connectivity index (χ0v) is 11.9. The maximum Gasteiger partial charge on any atom is 0.203 e. The van der Waals surface area contributed by atoms with E-state index in [1.807, 2.05) is 12.1 Å². The highest BCUT2D eigenvalue weighted by molar-refractivity contribution is 9.10. The second kappa shape index (κ2) is 5.30. The van der Waals surface area contributed by atoms with E-state index in [9.17, 15) is 0 Å². The lowest BCUT2D eigenvalue weighted by Gasteiger charge is -2.13. The summed E-state index contributed by atoms with van der Waals surface area (Å²) in [6.45, 7) is 0. The van der Waals surface area contributed by atoms with Crippen molar-refractivity contribution in [3.05, 3.63) is 23.1 Å². The molecule has 0 radical (unpaired) electrons. The summed E-state index contributed by atoms with van der Waals surface area (Å²) in [5.41, 5.74) is 1.66. The summed E-state index contributed by atoms with van der Waals surface area (Å²) in [5, 5.41) is 0. The third-order valence-corrected chi connectivity index (χ3v) is 3.14. The molecule has 0 fully saturated rings. The minimum atomic E-state index is 0.565. The van der Waals surface area contributed by atoms with Crippen LogP contribution in [0.5, 0.6) is 17.2 Å². The summed E-state index contributed by atoms with van der Waals surface area (Å²) in [4.78, 5) is 7.20. The van der Waals surface area contributed by atoms with E-state index in [2.05, 4.69) is 25.9 Å². The quantitative estimate of drug-likeness (QED) is 0.943. The van der Waals surface area contributed by atoms with Crippen LogP contribution in [0, 0.1) is 0 Å². The van der Waals surface area contributed by atoms with Crippen LogP contribution >= 0.6 is 15.9 Å². The minimum Gasteiger partial charge on any atom is -0.493 e. The van der Waals surface area contributed by atoms with Gasteiger partial charge < -0.3 is 19.2 Å². The van der Waals surface area contributed by atoms with Gasteiger partial charge in [0.1, 0.15) is 10.3 Å². The Bertz CT molecular complexity index is 529. The molecule has 0 spiro atoms. The zero-order valence-electron chi connectivity index (χ0n) is 10.3. The number of hydrogen-bond donors (Lipinski definition) is 1. The number of aromatic nitrogens is 2. The number of ether oxygens (including phenoxy) is 3. The van der Waals surface area contributed by atoms with Crippen LogP contribution in [0.3, 0.4) is 0 Å². The average Bonchev–Trinajstić information content (AvgIpc) is 2.83. The SMILES string of the molecule is COc1cc(-c2nc[nH]c2Br)cc(OC)c1OC. The summed E-state index contributed by atoms with van der Waals surface area (Å²) < 4.78 is 16.7. The molecule has 6 heteroatoms. The van der Waals surface area contributed by atoms with E-state index in [0.717, 1.165) is 15.9 Å². The Morgan fingerprint density at radius 2 is 1.67 bits per heavy atom. The van der Waals surface area contributed by atoms with Crippen molar-refractivity contribution in [1.29, 1.82) is 0 Å². The highest BCUT2D eigenvalue weighted by Gasteiger charge is 2.16. The van der Waals surface area contributed by atoms with Crippen LogP contribution in [0.25, 0.3) is 11.3 Å². The summed E-state index contributed by atoms with van der Waals surface area (Å²) in [6, 6.07) is 3.70. The first-order valence-corrected chi connectivity index (χ1v) is 5.99. The van der Waals surface area contributed by atoms with Gasteiger partial charge in [-0.2, -0.15) is 0 Å². The van der Waals surface area contributed by atoms with E-state index in [-0.39, 0.29) is 0 Å². The Morgan fingerprint density at radius 3 is 2.06 bits per heavy atom. The molecular weight excluding hydrogens is 300 g/mol. The van der Waals surface area contributed by atoms with Crippen molar-refractivity contribution >= 4 is 15.9 Å². The molecule has 0 aliphatic carbocycles. The number of halogens is 1. The summed E-state index contributed by atoms with van der Waals surface area (Å²) in [6.07, 6.45) is 1.61. The number of nitrogens with one attached hydrogen (secondary N) is 1. The third kappa shape index (κ3) is 2.15. The van der Waals surface area contributed by atoms with E-state index >= 15 is 0 Å². The van der Waals surface area contributed by atoms with Gasteiger partial charge in [-0.25, -0.2) is 4.98 Å². The molecule has 96 valence electrons. The van der Waals surface area contributed by atoms with Crippen molar-refractivity contribution in [3.8, 4) is 28.5 Å². The zero-order chi connectivity index (χ0) is 13.1. The minimum absolute atomic E-state index is 0.565. The standard InChI is InChI=1S/C12H13BrN2O3/c1-16-8-4-7(10-12(13)15-6-14-10)5-9(17-2)11(8)18-3/h4-6H,1-3H3,(H,14,15). The fourth-order valence-corrected chi connectivity index (χ4v) is 2.13. The van der Waals surface area contributed by atoms with Crippen LogP contribution in [-0.2, 0) is 0 Å². The van der Waals surface area contributed by atoms with Crippen LogP contribution in [0.15, 0.2) is 23.1 Å². The van der Waals surface area contributed by atoms with Crippen LogP contribution in [0.1, 0.15) is 0 Å². The lowest BCUT2D eigenvalue weighted by atomic mass is 10.1. The van der Waals surface area contributed by atoms with E-state index in [1.54, 1.807) is 27.7 Å². The Hall–Kier alpha value is -1.69. The molecule has 0 bridgehead atoms. The van der Waals surface area contributed by atoms with Crippen LogP contribution < -0.4 is 14.2 Å². The fourth-order valence-electron chi connectivity index (χ4n) is 1.70. The maximum absolute atomic E-state index is 5.30. The molecule has 0 unspecified atom stereocenters. The van der Waals surface area contributed by atoms with Gasteiger partial charge in [0.2, 0.25) is 5.75 Å². The Labute approximate surface area is 113 Å². The molecule has 0 saturated heterocycles. The van der Waals surface area contributed by atoms with Crippen molar-refractivity contribution in [1.82, 2.24) is 9.97 Å². The molecule has 1 aromatic carbocycles. The summed E-state index contributed by atoms with van der Waals surface area (Å²) in [5.74, 6) is 1.76. The number of nitrogens with zero attached hydrogens (tertiary/aromatic N) is 1. The molecule has 1 aromatic heterocycles.